The zero-order valence-corrected chi connectivity index (χ0v) is 11.1. The molecule has 2 heteroatoms. The molecule has 17 heavy (non-hydrogen) atoms. The van der Waals surface area contributed by atoms with Crippen LogP contribution >= 0.6 is 11.6 Å². The lowest BCUT2D eigenvalue weighted by molar-refractivity contribution is 0.259. The number of fused-ring (bicyclic) bond motifs is 2. The number of nitrogens with one attached hydrogen (secondary N) is 1. The third kappa shape index (κ3) is 2.11. The number of halogens is 1. The van der Waals surface area contributed by atoms with E-state index in [2.05, 4.69) is 30.6 Å². The van der Waals surface area contributed by atoms with Gasteiger partial charge in [-0.05, 0) is 61.8 Å². The Labute approximate surface area is 109 Å². The molecule has 0 amide bonds. The normalized spacial score (nSPS) is 32.9. The SMILES string of the molecule is CNC(c1cccc(Cl)c1)C1CC2CCC1C2. The zero-order valence-electron chi connectivity index (χ0n) is 10.3. The van der Waals surface area contributed by atoms with Gasteiger partial charge in [-0.15, -0.1) is 0 Å². The van der Waals surface area contributed by atoms with Gasteiger partial charge >= 0.3 is 0 Å². The highest BCUT2D eigenvalue weighted by molar-refractivity contribution is 6.30. The van der Waals surface area contributed by atoms with E-state index in [4.69, 9.17) is 11.6 Å². The van der Waals surface area contributed by atoms with Crippen LogP contribution in [0.3, 0.4) is 0 Å². The van der Waals surface area contributed by atoms with Crippen LogP contribution in [-0.2, 0) is 0 Å². The lowest BCUT2D eigenvalue weighted by Gasteiger charge is -2.30. The quantitative estimate of drug-likeness (QED) is 0.853. The van der Waals surface area contributed by atoms with Crippen molar-refractivity contribution in [3.63, 3.8) is 0 Å². The van der Waals surface area contributed by atoms with Crippen molar-refractivity contribution >= 4 is 11.6 Å². The van der Waals surface area contributed by atoms with Crippen LogP contribution in [0.5, 0.6) is 0 Å². The second-order valence-corrected chi connectivity index (χ2v) is 6.10. The average Bonchev–Trinajstić information content (AvgIpc) is 2.92. The third-order valence-electron chi connectivity index (χ3n) is 4.74. The molecule has 92 valence electrons. The van der Waals surface area contributed by atoms with Crippen LogP contribution in [0, 0.1) is 17.8 Å². The molecule has 0 aromatic heterocycles. The molecule has 1 N–H and O–H groups in total. The molecule has 0 spiro atoms. The number of hydrogen-bond donors (Lipinski definition) is 1. The van der Waals surface area contributed by atoms with Gasteiger partial charge < -0.3 is 5.32 Å². The van der Waals surface area contributed by atoms with E-state index in [1.54, 1.807) is 0 Å². The molecule has 3 rings (SSSR count). The fourth-order valence-electron chi connectivity index (χ4n) is 4.03. The first-order chi connectivity index (χ1) is 8.28. The average molecular weight is 250 g/mol. The number of hydrogen-bond acceptors (Lipinski definition) is 1. The Hall–Kier alpha value is -0.530. The molecule has 0 saturated heterocycles. The molecule has 4 unspecified atom stereocenters. The first-order valence-corrected chi connectivity index (χ1v) is 7.08. The van der Waals surface area contributed by atoms with E-state index in [1.165, 1.54) is 31.2 Å². The van der Waals surface area contributed by atoms with Gasteiger partial charge in [0.15, 0.2) is 0 Å². The Balaban J connectivity index is 1.84. The van der Waals surface area contributed by atoms with Crippen molar-refractivity contribution in [1.29, 1.82) is 0 Å². The molecule has 1 aromatic carbocycles. The van der Waals surface area contributed by atoms with Gasteiger partial charge in [0.2, 0.25) is 0 Å². The van der Waals surface area contributed by atoms with Gasteiger partial charge in [-0.25, -0.2) is 0 Å². The van der Waals surface area contributed by atoms with Crippen molar-refractivity contribution in [2.75, 3.05) is 7.05 Å². The lowest BCUT2D eigenvalue weighted by Crippen LogP contribution is -2.28. The van der Waals surface area contributed by atoms with Crippen molar-refractivity contribution in [3.8, 4) is 0 Å². The van der Waals surface area contributed by atoms with Crippen LogP contribution in [0.25, 0.3) is 0 Å². The Kier molecular flexibility index (Phi) is 3.14. The second-order valence-electron chi connectivity index (χ2n) is 5.66. The van der Waals surface area contributed by atoms with Gasteiger partial charge in [0.1, 0.15) is 0 Å². The molecule has 2 fully saturated rings. The second kappa shape index (κ2) is 4.62. The summed E-state index contributed by atoms with van der Waals surface area (Å²) in [6.07, 6.45) is 5.77. The fourth-order valence-corrected chi connectivity index (χ4v) is 4.23. The van der Waals surface area contributed by atoms with E-state index in [0.717, 1.165) is 22.8 Å². The van der Waals surface area contributed by atoms with Gasteiger partial charge in [-0.2, -0.15) is 0 Å². The summed E-state index contributed by atoms with van der Waals surface area (Å²) in [6.45, 7) is 0. The minimum atomic E-state index is 0.490. The van der Waals surface area contributed by atoms with Gasteiger partial charge in [-0.1, -0.05) is 30.2 Å². The summed E-state index contributed by atoms with van der Waals surface area (Å²) in [5.41, 5.74) is 1.36. The summed E-state index contributed by atoms with van der Waals surface area (Å²) in [4.78, 5) is 0. The van der Waals surface area contributed by atoms with E-state index in [0.29, 0.717) is 6.04 Å². The maximum absolute atomic E-state index is 6.10. The maximum Gasteiger partial charge on any atom is 0.0409 e. The fraction of sp³-hybridized carbons (Fsp3) is 0.600. The van der Waals surface area contributed by atoms with Gasteiger partial charge in [-0.3, -0.25) is 0 Å². The molecular formula is C15H20ClN. The molecular weight excluding hydrogens is 230 g/mol. The standard InChI is InChI=1S/C15H20ClN/c1-17-15(12-3-2-4-13(16)9-12)14-8-10-5-6-11(14)7-10/h2-4,9-11,14-15,17H,5-8H2,1H3. The van der Waals surface area contributed by atoms with Crippen LogP contribution in [0.1, 0.15) is 37.3 Å². The van der Waals surface area contributed by atoms with E-state index in [1.807, 2.05) is 6.07 Å². The Morgan fingerprint density at radius 2 is 2.18 bits per heavy atom. The summed E-state index contributed by atoms with van der Waals surface area (Å²) in [7, 11) is 2.08. The Morgan fingerprint density at radius 3 is 2.76 bits per heavy atom. The highest BCUT2D eigenvalue weighted by atomic mass is 35.5. The van der Waals surface area contributed by atoms with E-state index >= 15 is 0 Å². The van der Waals surface area contributed by atoms with Crippen LogP contribution in [0.4, 0.5) is 0 Å². The highest BCUT2D eigenvalue weighted by Gasteiger charge is 2.42. The molecule has 1 nitrogen and oxygen atoms in total. The van der Waals surface area contributed by atoms with Gasteiger partial charge in [0.05, 0.1) is 0 Å². The molecule has 4 atom stereocenters. The molecule has 1 aromatic rings. The summed E-state index contributed by atoms with van der Waals surface area (Å²) < 4.78 is 0. The van der Waals surface area contributed by atoms with Crippen molar-refractivity contribution in [2.24, 2.45) is 17.8 Å². The van der Waals surface area contributed by atoms with Crippen LogP contribution in [-0.4, -0.2) is 7.05 Å². The van der Waals surface area contributed by atoms with Gasteiger partial charge in [0.25, 0.3) is 0 Å². The third-order valence-corrected chi connectivity index (χ3v) is 4.97. The molecule has 0 heterocycles. The summed E-state index contributed by atoms with van der Waals surface area (Å²) in [6, 6.07) is 8.84. The van der Waals surface area contributed by atoms with E-state index in [-0.39, 0.29) is 0 Å². The number of rotatable bonds is 3. The largest absolute Gasteiger partial charge is 0.313 e. The molecule has 0 radical (unpaired) electrons. The van der Waals surface area contributed by atoms with Crippen molar-refractivity contribution in [2.45, 2.75) is 31.7 Å². The first kappa shape index (κ1) is 11.6. The maximum atomic E-state index is 6.10. The minimum Gasteiger partial charge on any atom is -0.313 e. The molecule has 2 saturated carbocycles. The monoisotopic (exact) mass is 249 g/mol. The van der Waals surface area contributed by atoms with E-state index in [9.17, 15) is 0 Å². The number of benzene rings is 1. The highest BCUT2D eigenvalue weighted by Crippen LogP contribution is 2.52. The Bertz CT molecular complexity index is 404. The first-order valence-electron chi connectivity index (χ1n) is 6.70. The molecule has 2 aliphatic rings. The molecule has 0 aliphatic heterocycles. The zero-order chi connectivity index (χ0) is 11.8. The van der Waals surface area contributed by atoms with Crippen molar-refractivity contribution in [1.82, 2.24) is 5.32 Å². The van der Waals surface area contributed by atoms with Gasteiger partial charge in [0, 0.05) is 11.1 Å². The summed E-state index contributed by atoms with van der Waals surface area (Å²) in [5.74, 6) is 2.76. The predicted octanol–water partition coefficient (Wildman–Crippen LogP) is 4.04. The summed E-state index contributed by atoms with van der Waals surface area (Å²) in [5, 5.41) is 4.37. The smallest absolute Gasteiger partial charge is 0.0409 e. The predicted molar refractivity (Wildman–Crippen MR) is 72.2 cm³/mol. The lowest BCUT2D eigenvalue weighted by atomic mass is 9.80. The minimum absolute atomic E-state index is 0.490. The molecule has 2 bridgehead atoms. The Morgan fingerprint density at radius 1 is 1.29 bits per heavy atom. The van der Waals surface area contributed by atoms with Crippen LogP contribution < -0.4 is 5.32 Å². The topological polar surface area (TPSA) is 12.0 Å². The van der Waals surface area contributed by atoms with Crippen molar-refractivity contribution < 1.29 is 0 Å². The van der Waals surface area contributed by atoms with Crippen molar-refractivity contribution in [3.05, 3.63) is 34.9 Å². The van der Waals surface area contributed by atoms with E-state index < -0.39 is 0 Å². The van der Waals surface area contributed by atoms with Crippen LogP contribution in [0.2, 0.25) is 5.02 Å². The molecule has 2 aliphatic carbocycles. The van der Waals surface area contributed by atoms with Crippen LogP contribution in [0.15, 0.2) is 24.3 Å². The summed E-state index contributed by atoms with van der Waals surface area (Å²) >= 11 is 6.10.